The zero-order valence-electron chi connectivity index (χ0n) is 10.3. The number of hydrogen-bond acceptors (Lipinski definition) is 3. The summed E-state index contributed by atoms with van der Waals surface area (Å²) in [5.41, 5.74) is 1.60. The van der Waals surface area contributed by atoms with Crippen LogP contribution in [0.4, 0.5) is 24.7 Å². The Labute approximate surface area is 121 Å². The van der Waals surface area contributed by atoms with Crippen LogP contribution in [0, 0.1) is 6.92 Å². The van der Waals surface area contributed by atoms with E-state index in [1.165, 1.54) is 24.3 Å². The van der Waals surface area contributed by atoms with Crippen molar-refractivity contribution < 1.29 is 17.9 Å². The van der Waals surface area contributed by atoms with Crippen LogP contribution in [0.5, 0.6) is 5.75 Å². The molecule has 0 atom stereocenters. The normalized spacial score (nSPS) is 11.2. The number of aromatic nitrogens is 1. The summed E-state index contributed by atoms with van der Waals surface area (Å²) in [6.07, 6.45) is -3.00. The monoisotopic (exact) mass is 346 g/mol. The zero-order chi connectivity index (χ0) is 14.8. The van der Waals surface area contributed by atoms with Gasteiger partial charge in [0.05, 0.1) is 4.47 Å². The summed E-state index contributed by atoms with van der Waals surface area (Å²) in [5, 5.41) is 2.99. The van der Waals surface area contributed by atoms with E-state index in [9.17, 15) is 13.2 Å². The Kier molecular flexibility index (Phi) is 4.17. The fraction of sp³-hybridized carbons (Fsp3) is 0.154. The molecular weight excluding hydrogens is 337 g/mol. The summed E-state index contributed by atoms with van der Waals surface area (Å²) in [6.45, 7) is 1.91. The second-order valence-electron chi connectivity index (χ2n) is 4.04. The van der Waals surface area contributed by atoms with Gasteiger partial charge in [-0.15, -0.1) is 13.2 Å². The predicted molar refractivity (Wildman–Crippen MR) is 73.1 cm³/mol. The number of alkyl halides is 3. The number of nitrogens with one attached hydrogen (secondary N) is 1. The highest BCUT2D eigenvalue weighted by Gasteiger charge is 2.30. The van der Waals surface area contributed by atoms with E-state index in [4.69, 9.17) is 0 Å². The summed E-state index contributed by atoms with van der Waals surface area (Å²) >= 11 is 3.36. The summed E-state index contributed by atoms with van der Waals surface area (Å²) in [4.78, 5) is 4.19. The Bertz CT molecular complexity index is 600. The van der Waals surface area contributed by atoms with Gasteiger partial charge in [-0.3, -0.25) is 0 Å². The lowest BCUT2D eigenvalue weighted by molar-refractivity contribution is -0.274. The highest BCUT2D eigenvalue weighted by Crippen LogP contribution is 2.27. The molecule has 0 unspecified atom stereocenters. The molecule has 20 heavy (non-hydrogen) atoms. The minimum absolute atomic E-state index is 0.265. The van der Waals surface area contributed by atoms with E-state index in [0.717, 1.165) is 10.0 Å². The standard InChI is InChI=1S/C13H10BrF3N2O/c1-8-6-11(14)12(18-7-8)19-9-2-4-10(5-3-9)20-13(15,16)17/h2-7H,1H3,(H,18,19). The van der Waals surface area contributed by atoms with Gasteiger partial charge in [0.2, 0.25) is 0 Å². The third kappa shape index (κ3) is 4.12. The van der Waals surface area contributed by atoms with Gasteiger partial charge in [-0.05, 0) is 58.7 Å². The van der Waals surface area contributed by atoms with Crippen molar-refractivity contribution in [3.05, 3.63) is 46.6 Å². The number of halogens is 4. The van der Waals surface area contributed by atoms with Crippen LogP contribution in [0.2, 0.25) is 0 Å². The molecule has 2 rings (SSSR count). The van der Waals surface area contributed by atoms with E-state index < -0.39 is 6.36 Å². The summed E-state index contributed by atoms with van der Waals surface area (Å²) in [7, 11) is 0. The largest absolute Gasteiger partial charge is 0.573 e. The molecule has 0 amide bonds. The average molecular weight is 347 g/mol. The molecule has 0 radical (unpaired) electrons. The quantitative estimate of drug-likeness (QED) is 0.867. The Morgan fingerprint density at radius 2 is 1.85 bits per heavy atom. The molecule has 0 aliphatic carbocycles. The Balaban J connectivity index is 2.11. The van der Waals surface area contributed by atoms with Crippen molar-refractivity contribution in [2.24, 2.45) is 0 Å². The molecular formula is C13H10BrF3N2O. The van der Waals surface area contributed by atoms with Crippen molar-refractivity contribution in [3.8, 4) is 5.75 Å². The molecule has 0 fully saturated rings. The summed E-state index contributed by atoms with van der Waals surface area (Å²) in [6, 6.07) is 7.32. The average Bonchev–Trinajstić information content (AvgIpc) is 2.33. The van der Waals surface area contributed by atoms with Crippen molar-refractivity contribution in [2.45, 2.75) is 13.3 Å². The third-order valence-electron chi connectivity index (χ3n) is 2.33. The minimum Gasteiger partial charge on any atom is -0.406 e. The van der Waals surface area contributed by atoms with Gasteiger partial charge in [0.25, 0.3) is 0 Å². The second kappa shape index (κ2) is 5.70. The number of ether oxygens (including phenoxy) is 1. The molecule has 2 aromatic rings. The SMILES string of the molecule is Cc1cnc(Nc2ccc(OC(F)(F)F)cc2)c(Br)c1. The number of hydrogen-bond donors (Lipinski definition) is 1. The van der Waals surface area contributed by atoms with Crippen LogP contribution in [-0.2, 0) is 0 Å². The Morgan fingerprint density at radius 3 is 2.40 bits per heavy atom. The van der Waals surface area contributed by atoms with Crippen molar-refractivity contribution in [3.63, 3.8) is 0 Å². The smallest absolute Gasteiger partial charge is 0.406 e. The Hall–Kier alpha value is -1.76. The summed E-state index contributed by atoms with van der Waals surface area (Å²) in [5.74, 6) is 0.319. The molecule has 7 heteroatoms. The van der Waals surface area contributed by atoms with E-state index in [1.807, 2.05) is 13.0 Å². The topological polar surface area (TPSA) is 34.2 Å². The first-order valence-corrected chi connectivity index (χ1v) is 6.38. The van der Waals surface area contributed by atoms with E-state index in [-0.39, 0.29) is 5.75 Å². The van der Waals surface area contributed by atoms with Gasteiger partial charge >= 0.3 is 6.36 Å². The van der Waals surface area contributed by atoms with Crippen molar-refractivity contribution in [2.75, 3.05) is 5.32 Å². The van der Waals surface area contributed by atoms with Crippen LogP contribution in [0.1, 0.15) is 5.56 Å². The molecule has 1 aromatic heterocycles. The van der Waals surface area contributed by atoms with Crippen LogP contribution in [0.3, 0.4) is 0 Å². The van der Waals surface area contributed by atoms with E-state index in [2.05, 4.69) is 31.0 Å². The number of rotatable bonds is 3. The van der Waals surface area contributed by atoms with Crippen LogP contribution in [-0.4, -0.2) is 11.3 Å². The zero-order valence-corrected chi connectivity index (χ0v) is 11.9. The minimum atomic E-state index is -4.68. The van der Waals surface area contributed by atoms with Crippen LogP contribution >= 0.6 is 15.9 Å². The molecule has 1 heterocycles. The Morgan fingerprint density at radius 1 is 1.20 bits per heavy atom. The van der Waals surface area contributed by atoms with Crippen molar-refractivity contribution >= 4 is 27.4 Å². The van der Waals surface area contributed by atoms with Gasteiger partial charge in [0.1, 0.15) is 11.6 Å². The lowest BCUT2D eigenvalue weighted by atomic mass is 10.3. The predicted octanol–water partition coefficient (Wildman–Crippen LogP) is 4.79. The lowest BCUT2D eigenvalue weighted by Crippen LogP contribution is -2.16. The first-order chi connectivity index (χ1) is 9.33. The summed E-state index contributed by atoms with van der Waals surface area (Å²) < 4.78 is 40.6. The van der Waals surface area contributed by atoms with Crippen LogP contribution in [0.25, 0.3) is 0 Å². The second-order valence-corrected chi connectivity index (χ2v) is 4.89. The third-order valence-corrected chi connectivity index (χ3v) is 2.93. The van der Waals surface area contributed by atoms with Crippen molar-refractivity contribution in [1.29, 1.82) is 0 Å². The fourth-order valence-corrected chi connectivity index (χ4v) is 2.06. The lowest BCUT2D eigenvalue weighted by Gasteiger charge is -2.11. The van der Waals surface area contributed by atoms with Gasteiger partial charge in [0.15, 0.2) is 0 Å². The molecule has 1 N–H and O–H groups in total. The van der Waals surface area contributed by atoms with Gasteiger partial charge < -0.3 is 10.1 Å². The molecule has 0 aliphatic heterocycles. The number of nitrogens with zero attached hydrogens (tertiary/aromatic N) is 1. The number of pyridine rings is 1. The maximum atomic E-state index is 12.0. The van der Waals surface area contributed by atoms with E-state index in [0.29, 0.717) is 11.5 Å². The molecule has 0 saturated heterocycles. The molecule has 0 spiro atoms. The van der Waals surface area contributed by atoms with Gasteiger partial charge in [-0.1, -0.05) is 0 Å². The molecule has 106 valence electrons. The molecule has 0 aliphatic rings. The van der Waals surface area contributed by atoms with Gasteiger partial charge in [0, 0.05) is 11.9 Å². The number of benzene rings is 1. The fourth-order valence-electron chi connectivity index (χ4n) is 1.50. The van der Waals surface area contributed by atoms with Crippen LogP contribution < -0.4 is 10.1 Å². The van der Waals surface area contributed by atoms with Crippen molar-refractivity contribution in [1.82, 2.24) is 4.98 Å². The van der Waals surface area contributed by atoms with Crippen LogP contribution in [0.15, 0.2) is 41.0 Å². The first kappa shape index (κ1) is 14.6. The number of aryl methyl sites for hydroxylation is 1. The van der Waals surface area contributed by atoms with E-state index >= 15 is 0 Å². The van der Waals surface area contributed by atoms with E-state index in [1.54, 1.807) is 6.20 Å². The number of anilines is 2. The maximum Gasteiger partial charge on any atom is 0.573 e. The maximum absolute atomic E-state index is 12.0. The highest BCUT2D eigenvalue weighted by molar-refractivity contribution is 9.10. The highest BCUT2D eigenvalue weighted by atomic mass is 79.9. The molecule has 0 bridgehead atoms. The molecule has 1 aromatic carbocycles. The first-order valence-electron chi connectivity index (χ1n) is 5.58. The molecule has 0 saturated carbocycles. The molecule has 3 nitrogen and oxygen atoms in total. The van der Waals surface area contributed by atoms with Gasteiger partial charge in [-0.2, -0.15) is 0 Å². The van der Waals surface area contributed by atoms with Gasteiger partial charge in [-0.25, -0.2) is 4.98 Å².